The highest BCUT2D eigenvalue weighted by atomic mass is 31.2. The van der Waals surface area contributed by atoms with Crippen molar-refractivity contribution < 1.29 is 42.7 Å². The van der Waals surface area contributed by atoms with Crippen molar-refractivity contribution in [1.82, 2.24) is 0 Å². The number of aliphatic carboxylic acids is 1. The van der Waals surface area contributed by atoms with Crippen LogP contribution < -0.4 is 5.73 Å². The van der Waals surface area contributed by atoms with E-state index in [-0.39, 0.29) is 13.0 Å². The molecule has 0 rings (SSSR count). The van der Waals surface area contributed by atoms with Gasteiger partial charge in [0, 0.05) is 13.0 Å². The van der Waals surface area contributed by atoms with Gasteiger partial charge in [-0.25, -0.2) is 4.57 Å². The lowest BCUT2D eigenvalue weighted by Crippen LogP contribution is -2.34. The number of esters is 1. The Bertz CT molecular complexity index is 1140. The zero-order valence-corrected chi connectivity index (χ0v) is 39.2. The van der Waals surface area contributed by atoms with Gasteiger partial charge in [0.15, 0.2) is 0 Å². The summed E-state index contributed by atoms with van der Waals surface area (Å²) >= 11 is 0. The van der Waals surface area contributed by atoms with E-state index in [4.69, 9.17) is 29.4 Å². The number of rotatable bonds is 46. The number of hydrogen-bond acceptors (Lipinski definition) is 8. The maximum absolute atomic E-state index is 12.6. The molecule has 0 saturated carbocycles. The molecule has 0 aliphatic carbocycles. The minimum absolute atomic E-state index is 0.00941. The molecule has 0 spiro atoms. The zero-order valence-electron chi connectivity index (χ0n) is 38.3. The standard InChI is InChI=1S/C49H90NO9P/c1-3-5-7-9-11-13-15-17-19-20-21-22-23-24-25-26-27-28-30-32-34-36-38-40-42-56-43-46(44-57-60(54,55)58-45-47(50)49(52)53)59-48(51)41-39-37-35-33-31-29-18-16-14-12-10-8-6-4-2/h15-18,20-21,23-24,46-47H,3-14,19,22,25-45,50H2,1-2H3,(H,52,53)(H,54,55)/b17-15-,18-16-,21-20-,24-23-. The summed E-state index contributed by atoms with van der Waals surface area (Å²) in [6, 6.07) is -1.48. The van der Waals surface area contributed by atoms with Crippen molar-refractivity contribution in [2.45, 2.75) is 225 Å². The number of ether oxygens (including phenoxy) is 2. The molecule has 0 amide bonds. The first-order valence-electron chi connectivity index (χ1n) is 24.2. The molecule has 0 aromatic carbocycles. The average Bonchev–Trinajstić information content (AvgIpc) is 3.23. The number of phosphoric acid groups is 1. The molecule has 3 atom stereocenters. The van der Waals surface area contributed by atoms with E-state index >= 15 is 0 Å². The van der Waals surface area contributed by atoms with E-state index in [9.17, 15) is 19.0 Å². The van der Waals surface area contributed by atoms with Crippen LogP contribution in [0.3, 0.4) is 0 Å². The zero-order chi connectivity index (χ0) is 44.0. The first-order valence-corrected chi connectivity index (χ1v) is 25.7. The van der Waals surface area contributed by atoms with Crippen LogP contribution in [0.2, 0.25) is 0 Å². The van der Waals surface area contributed by atoms with Crippen LogP contribution in [0.1, 0.15) is 213 Å². The second-order valence-corrected chi connectivity index (χ2v) is 17.7. The SMILES string of the molecule is CCCCCCC/C=C\C/C=C\C/C=C\CCCCCCCCCCCOCC(COP(=O)(O)OCC(N)C(=O)O)OC(=O)CCCCCCC/C=C\CCCCCCC. The van der Waals surface area contributed by atoms with Gasteiger partial charge in [-0.3, -0.25) is 18.6 Å². The minimum Gasteiger partial charge on any atom is -0.480 e. The molecule has 4 N–H and O–H groups in total. The van der Waals surface area contributed by atoms with E-state index in [0.29, 0.717) is 13.0 Å². The maximum atomic E-state index is 12.6. The lowest BCUT2D eigenvalue weighted by atomic mass is 10.1. The highest BCUT2D eigenvalue weighted by molar-refractivity contribution is 7.47. The third kappa shape index (κ3) is 44.0. The van der Waals surface area contributed by atoms with Gasteiger partial charge >= 0.3 is 19.8 Å². The molecular formula is C49H90NO9P. The van der Waals surface area contributed by atoms with Crippen molar-refractivity contribution in [2.24, 2.45) is 5.73 Å². The van der Waals surface area contributed by atoms with Crippen LogP contribution in [0.15, 0.2) is 48.6 Å². The molecule has 60 heavy (non-hydrogen) atoms. The van der Waals surface area contributed by atoms with E-state index in [1.54, 1.807) is 0 Å². The predicted molar refractivity (Wildman–Crippen MR) is 249 cm³/mol. The topological polar surface area (TPSA) is 155 Å². The van der Waals surface area contributed by atoms with Gasteiger partial charge < -0.3 is 25.2 Å². The van der Waals surface area contributed by atoms with Crippen LogP contribution in [0.4, 0.5) is 0 Å². The monoisotopic (exact) mass is 868 g/mol. The Balaban J connectivity index is 4.15. The Kier molecular flexibility index (Phi) is 43.4. The van der Waals surface area contributed by atoms with Crippen molar-refractivity contribution in [3.05, 3.63) is 48.6 Å². The molecule has 0 saturated heterocycles. The van der Waals surface area contributed by atoms with Crippen molar-refractivity contribution >= 4 is 19.8 Å². The first-order chi connectivity index (χ1) is 29.2. The van der Waals surface area contributed by atoms with Crippen LogP contribution in [-0.2, 0) is 32.7 Å². The second-order valence-electron chi connectivity index (χ2n) is 16.2. The molecule has 0 fully saturated rings. The molecular weight excluding hydrogens is 778 g/mol. The smallest absolute Gasteiger partial charge is 0.472 e. The Hall–Kier alpha value is -2.07. The molecule has 10 nitrogen and oxygen atoms in total. The van der Waals surface area contributed by atoms with Crippen molar-refractivity contribution in [1.29, 1.82) is 0 Å². The first kappa shape index (κ1) is 57.9. The normalized spacial score (nSPS) is 14.2. The number of allylic oxidation sites excluding steroid dienone is 8. The molecule has 0 bridgehead atoms. The molecule has 0 aromatic heterocycles. The second kappa shape index (κ2) is 45.0. The summed E-state index contributed by atoms with van der Waals surface area (Å²) in [5.41, 5.74) is 5.36. The lowest BCUT2D eigenvalue weighted by Gasteiger charge is -2.20. The Labute approximate surface area is 367 Å². The van der Waals surface area contributed by atoms with E-state index in [0.717, 1.165) is 70.6 Å². The molecule has 0 heterocycles. The quantitative estimate of drug-likeness (QED) is 0.0233. The largest absolute Gasteiger partial charge is 0.480 e. The van der Waals surface area contributed by atoms with Gasteiger partial charge in [-0.2, -0.15) is 0 Å². The fourth-order valence-electron chi connectivity index (χ4n) is 6.55. The van der Waals surface area contributed by atoms with E-state index in [1.807, 2.05) is 0 Å². The summed E-state index contributed by atoms with van der Waals surface area (Å²) in [4.78, 5) is 33.6. The Morgan fingerprint density at radius 3 is 1.38 bits per heavy atom. The summed E-state index contributed by atoms with van der Waals surface area (Å²) in [6.07, 6.45) is 53.1. The van der Waals surface area contributed by atoms with Gasteiger partial charge in [0.25, 0.3) is 0 Å². The van der Waals surface area contributed by atoms with Gasteiger partial charge in [-0.05, 0) is 77.0 Å². The minimum atomic E-state index is -4.62. The number of carboxylic acids is 1. The Morgan fingerprint density at radius 1 is 0.533 bits per heavy atom. The van der Waals surface area contributed by atoms with Crippen LogP contribution in [0.5, 0.6) is 0 Å². The number of carboxylic acid groups (broad SMARTS) is 1. The lowest BCUT2D eigenvalue weighted by molar-refractivity contribution is -0.154. The average molecular weight is 868 g/mol. The predicted octanol–water partition coefficient (Wildman–Crippen LogP) is 13.8. The molecule has 11 heteroatoms. The van der Waals surface area contributed by atoms with Crippen molar-refractivity contribution in [3.63, 3.8) is 0 Å². The van der Waals surface area contributed by atoms with E-state index in [1.165, 1.54) is 116 Å². The fourth-order valence-corrected chi connectivity index (χ4v) is 7.32. The fraction of sp³-hybridized carbons (Fsp3) is 0.796. The maximum Gasteiger partial charge on any atom is 0.472 e. The molecule has 0 aliphatic rings. The highest BCUT2D eigenvalue weighted by Crippen LogP contribution is 2.43. The van der Waals surface area contributed by atoms with Gasteiger partial charge in [0.05, 0.1) is 19.8 Å². The summed E-state index contributed by atoms with van der Waals surface area (Å²) in [6.45, 7) is 3.85. The number of carbonyl (C=O) groups is 2. The highest BCUT2D eigenvalue weighted by Gasteiger charge is 2.27. The van der Waals surface area contributed by atoms with Gasteiger partial charge in [-0.1, -0.05) is 178 Å². The van der Waals surface area contributed by atoms with Crippen LogP contribution in [0, 0.1) is 0 Å². The third-order valence-electron chi connectivity index (χ3n) is 10.3. The summed E-state index contributed by atoms with van der Waals surface area (Å²) in [7, 11) is -4.62. The summed E-state index contributed by atoms with van der Waals surface area (Å²) in [5, 5.41) is 8.91. The summed E-state index contributed by atoms with van der Waals surface area (Å²) < 4.78 is 33.4. The van der Waals surface area contributed by atoms with E-state index < -0.39 is 45.1 Å². The molecule has 0 aromatic rings. The van der Waals surface area contributed by atoms with Crippen LogP contribution >= 0.6 is 7.82 Å². The number of hydrogen-bond donors (Lipinski definition) is 3. The molecule has 350 valence electrons. The number of phosphoric ester groups is 1. The molecule has 0 aliphatic heterocycles. The Morgan fingerprint density at radius 2 is 0.917 bits per heavy atom. The van der Waals surface area contributed by atoms with Gasteiger partial charge in [0.2, 0.25) is 0 Å². The number of nitrogens with two attached hydrogens (primary N) is 1. The van der Waals surface area contributed by atoms with Crippen LogP contribution in [0.25, 0.3) is 0 Å². The van der Waals surface area contributed by atoms with Gasteiger partial charge in [-0.15, -0.1) is 0 Å². The van der Waals surface area contributed by atoms with Crippen molar-refractivity contribution in [3.8, 4) is 0 Å². The van der Waals surface area contributed by atoms with Crippen LogP contribution in [-0.4, -0.2) is 60.5 Å². The van der Waals surface area contributed by atoms with E-state index in [2.05, 4.69) is 62.5 Å². The molecule has 3 unspecified atom stereocenters. The third-order valence-corrected chi connectivity index (χ3v) is 11.3. The van der Waals surface area contributed by atoms with Crippen molar-refractivity contribution in [2.75, 3.05) is 26.4 Å². The number of carbonyl (C=O) groups excluding carboxylic acids is 1. The number of unbranched alkanes of at least 4 members (excludes halogenated alkanes) is 24. The summed E-state index contributed by atoms with van der Waals surface area (Å²) in [5.74, 6) is -1.79. The van der Waals surface area contributed by atoms with Gasteiger partial charge in [0.1, 0.15) is 12.1 Å². The molecule has 0 radical (unpaired) electrons.